The summed E-state index contributed by atoms with van der Waals surface area (Å²) in [6.07, 6.45) is 3.61. The van der Waals surface area contributed by atoms with Gasteiger partial charge in [-0.2, -0.15) is 0 Å². The van der Waals surface area contributed by atoms with Gasteiger partial charge in [0.05, 0.1) is 6.54 Å². The molecular formula is C17H20N4O. The second-order valence-electron chi connectivity index (χ2n) is 6.33. The van der Waals surface area contributed by atoms with Crippen molar-refractivity contribution < 1.29 is 4.79 Å². The smallest absolute Gasteiger partial charge is 0.246 e. The van der Waals surface area contributed by atoms with Gasteiger partial charge < -0.3 is 9.47 Å². The molecule has 0 bridgehead atoms. The van der Waals surface area contributed by atoms with Gasteiger partial charge in [0.15, 0.2) is 5.82 Å². The van der Waals surface area contributed by atoms with Crippen LogP contribution in [0.2, 0.25) is 0 Å². The number of rotatable bonds is 3. The number of fused-ring (bicyclic) bond motifs is 1. The number of amides is 1. The van der Waals surface area contributed by atoms with Crippen LogP contribution in [-0.4, -0.2) is 25.6 Å². The molecular weight excluding hydrogens is 276 g/mol. The van der Waals surface area contributed by atoms with Crippen LogP contribution in [0.4, 0.5) is 0 Å². The summed E-state index contributed by atoms with van der Waals surface area (Å²) in [5.74, 6) is 2.60. The Hall–Kier alpha value is -2.17. The van der Waals surface area contributed by atoms with E-state index in [9.17, 15) is 4.79 Å². The zero-order chi connectivity index (χ0) is 15.1. The lowest BCUT2D eigenvalue weighted by Crippen LogP contribution is -2.42. The fourth-order valence-corrected chi connectivity index (χ4v) is 3.37. The van der Waals surface area contributed by atoms with Gasteiger partial charge in [0.25, 0.3) is 0 Å². The third kappa shape index (κ3) is 2.12. The molecule has 5 nitrogen and oxygen atoms in total. The molecule has 1 aliphatic carbocycles. The van der Waals surface area contributed by atoms with Crippen molar-refractivity contribution in [3.8, 4) is 0 Å². The molecule has 0 radical (unpaired) electrons. The molecule has 0 unspecified atom stereocenters. The van der Waals surface area contributed by atoms with E-state index >= 15 is 0 Å². The molecule has 1 aromatic carbocycles. The van der Waals surface area contributed by atoms with Gasteiger partial charge in [0.1, 0.15) is 11.9 Å². The molecule has 1 aliphatic heterocycles. The summed E-state index contributed by atoms with van der Waals surface area (Å²) >= 11 is 0. The van der Waals surface area contributed by atoms with Crippen molar-refractivity contribution in [3.05, 3.63) is 47.5 Å². The third-order valence-corrected chi connectivity index (χ3v) is 4.87. The summed E-state index contributed by atoms with van der Waals surface area (Å²) in [7, 11) is 0. The SMILES string of the molecule is C[C@H]1C(=O)N(Cc2ccccc2)Cc2nnc(C3CCC3)n21. The van der Waals surface area contributed by atoms with Crippen LogP contribution in [0.1, 0.15) is 55.4 Å². The van der Waals surface area contributed by atoms with Gasteiger partial charge in [0, 0.05) is 12.5 Å². The number of hydrogen-bond acceptors (Lipinski definition) is 3. The fraction of sp³-hybridized carbons (Fsp3) is 0.471. The molecule has 0 N–H and O–H groups in total. The first-order valence-electron chi connectivity index (χ1n) is 8.00. The number of nitrogens with zero attached hydrogens (tertiary/aromatic N) is 4. The van der Waals surface area contributed by atoms with E-state index in [1.165, 1.54) is 19.3 Å². The third-order valence-electron chi connectivity index (χ3n) is 4.87. The maximum absolute atomic E-state index is 12.7. The van der Waals surface area contributed by atoms with Crippen molar-refractivity contribution >= 4 is 5.91 Å². The first-order valence-corrected chi connectivity index (χ1v) is 8.00. The van der Waals surface area contributed by atoms with E-state index in [2.05, 4.69) is 26.9 Å². The molecule has 22 heavy (non-hydrogen) atoms. The van der Waals surface area contributed by atoms with Crippen LogP contribution in [0, 0.1) is 0 Å². The van der Waals surface area contributed by atoms with Gasteiger partial charge in [-0.1, -0.05) is 36.8 Å². The Morgan fingerprint density at radius 3 is 2.64 bits per heavy atom. The molecule has 114 valence electrons. The Bertz CT molecular complexity index is 690. The quantitative estimate of drug-likeness (QED) is 0.875. The first-order chi connectivity index (χ1) is 10.7. The van der Waals surface area contributed by atoms with Crippen molar-refractivity contribution in [2.45, 2.75) is 51.2 Å². The van der Waals surface area contributed by atoms with Crippen molar-refractivity contribution in [1.82, 2.24) is 19.7 Å². The summed E-state index contributed by atoms with van der Waals surface area (Å²) in [5.41, 5.74) is 1.15. The number of aromatic nitrogens is 3. The lowest BCUT2D eigenvalue weighted by Gasteiger charge is -2.34. The highest BCUT2D eigenvalue weighted by molar-refractivity contribution is 5.81. The van der Waals surface area contributed by atoms with Gasteiger partial charge in [-0.25, -0.2) is 0 Å². The summed E-state index contributed by atoms with van der Waals surface area (Å²) in [6.45, 7) is 3.15. The Morgan fingerprint density at radius 2 is 1.95 bits per heavy atom. The average molecular weight is 296 g/mol. The molecule has 1 fully saturated rings. The molecule has 5 heteroatoms. The Morgan fingerprint density at radius 1 is 1.18 bits per heavy atom. The summed E-state index contributed by atoms with van der Waals surface area (Å²) in [6, 6.07) is 9.91. The predicted octanol–water partition coefficient (Wildman–Crippen LogP) is 2.65. The average Bonchev–Trinajstić information content (AvgIpc) is 2.87. The molecule has 1 aromatic heterocycles. The highest BCUT2D eigenvalue weighted by Crippen LogP contribution is 2.38. The maximum atomic E-state index is 12.7. The molecule has 1 saturated carbocycles. The van der Waals surface area contributed by atoms with E-state index in [1.54, 1.807) is 0 Å². The van der Waals surface area contributed by atoms with Crippen molar-refractivity contribution in [2.75, 3.05) is 0 Å². The molecule has 0 spiro atoms. The largest absolute Gasteiger partial charge is 0.329 e. The van der Waals surface area contributed by atoms with Crippen LogP contribution in [0.5, 0.6) is 0 Å². The topological polar surface area (TPSA) is 51.0 Å². The van der Waals surface area contributed by atoms with E-state index in [1.807, 2.05) is 30.0 Å². The van der Waals surface area contributed by atoms with Crippen LogP contribution in [0.15, 0.2) is 30.3 Å². The zero-order valence-corrected chi connectivity index (χ0v) is 12.8. The standard InChI is InChI=1S/C17H20N4O/c1-12-17(22)20(10-13-6-3-2-4-7-13)11-15-18-19-16(21(12)15)14-8-5-9-14/h2-4,6-7,12,14H,5,8-11H2,1H3/t12-/m0/s1. The van der Waals surface area contributed by atoms with Crippen LogP contribution in [0.3, 0.4) is 0 Å². The molecule has 1 amide bonds. The van der Waals surface area contributed by atoms with Gasteiger partial charge in [-0.3, -0.25) is 4.79 Å². The van der Waals surface area contributed by atoms with Crippen molar-refractivity contribution in [3.63, 3.8) is 0 Å². The Kier molecular flexibility index (Phi) is 3.21. The number of carbonyl (C=O) groups is 1. The van der Waals surface area contributed by atoms with Crippen molar-refractivity contribution in [2.24, 2.45) is 0 Å². The minimum absolute atomic E-state index is 0.164. The normalized spacial score (nSPS) is 21.6. The second-order valence-corrected chi connectivity index (χ2v) is 6.33. The minimum Gasteiger partial charge on any atom is -0.329 e. The van der Waals surface area contributed by atoms with E-state index in [0.29, 0.717) is 19.0 Å². The summed E-state index contributed by atoms with van der Waals surface area (Å²) in [5, 5.41) is 8.74. The molecule has 2 aliphatic rings. The number of carbonyl (C=O) groups excluding carboxylic acids is 1. The summed E-state index contributed by atoms with van der Waals surface area (Å²) in [4.78, 5) is 14.6. The molecule has 1 atom stereocenters. The Balaban J connectivity index is 1.61. The number of hydrogen-bond donors (Lipinski definition) is 0. The minimum atomic E-state index is -0.196. The maximum Gasteiger partial charge on any atom is 0.246 e. The molecule has 4 rings (SSSR count). The van der Waals surface area contributed by atoms with E-state index < -0.39 is 0 Å². The highest BCUT2D eigenvalue weighted by Gasteiger charge is 2.36. The second kappa shape index (κ2) is 5.23. The van der Waals surface area contributed by atoms with Crippen molar-refractivity contribution in [1.29, 1.82) is 0 Å². The monoisotopic (exact) mass is 296 g/mol. The molecule has 2 aromatic rings. The molecule has 0 saturated heterocycles. The molecule has 2 heterocycles. The van der Waals surface area contributed by atoms with Crippen LogP contribution < -0.4 is 0 Å². The van der Waals surface area contributed by atoms with Gasteiger partial charge in [0.2, 0.25) is 5.91 Å². The van der Waals surface area contributed by atoms with Gasteiger partial charge in [-0.05, 0) is 25.3 Å². The predicted molar refractivity (Wildman–Crippen MR) is 82.0 cm³/mol. The van der Waals surface area contributed by atoms with Crippen LogP contribution in [0.25, 0.3) is 0 Å². The number of benzene rings is 1. The Labute approximate surface area is 130 Å². The zero-order valence-electron chi connectivity index (χ0n) is 12.8. The lowest BCUT2D eigenvalue weighted by atomic mass is 9.84. The van der Waals surface area contributed by atoms with E-state index in [4.69, 9.17) is 0 Å². The lowest BCUT2D eigenvalue weighted by molar-refractivity contribution is -0.137. The van der Waals surface area contributed by atoms with Crippen LogP contribution >= 0.6 is 0 Å². The first kappa shape index (κ1) is 13.5. The van der Waals surface area contributed by atoms with Gasteiger partial charge >= 0.3 is 0 Å². The highest BCUT2D eigenvalue weighted by atomic mass is 16.2. The van der Waals surface area contributed by atoms with Gasteiger partial charge in [-0.15, -0.1) is 10.2 Å². The summed E-state index contributed by atoms with van der Waals surface area (Å²) < 4.78 is 2.08. The van der Waals surface area contributed by atoms with Crippen LogP contribution in [-0.2, 0) is 17.9 Å². The fourth-order valence-electron chi connectivity index (χ4n) is 3.37. The van der Waals surface area contributed by atoms with E-state index in [-0.39, 0.29) is 11.9 Å². The van der Waals surface area contributed by atoms with E-state index in [0.717, 1.165) is 17.2 Å².